The number of hydrogen-bond donors (Lipinski definition) is 2. The Kier molecular flexibility index (Phi) is 3.32. The van der Waals surface area contributed by atoms with Crippen LogP contribution in [0.4, 0.5) is 11.4 Å². The molecule has 0 bridgehead atoms. The van der Waals surface area contributed by atoms with Crippen molar-refractivity contribution < 1.29 is 5.11 Å². The zero-order valence-electron chi connectivity index (χ0n) is 10.9. The molecular formula is C16H13BrN2O. The molecule has 4 heteroatoms. The summed E-state index contributed by atoms with van der Waals surface area (Å²) in [6.07, 6.45) is 1.79. The van der Waals surface area contributed by atoms with E-state index in [9.17, 15) is 5.11 Å². The Morgan fingerprint density at radius 3 is 2.70 bits per heavy atom. The van der Waals surface area contributed by atoms with Gasteiger partial charge in [-0.2, -0.15) is 0 Å². The predicted molar refractivity (Wildman–Crippen MR) is 85.6 cm³/mol. The maximum Gasteiger partial charge on any atom is 0.116 e. The number of pyridine rings is 1. The van der Waals surface area contributed by atoms with Gasteiger partial charge in [0.25, 0.3) is 0 Å². The summed E-state index contributed by atoms with van der Waals surface area (Å²) in [4.78, 5) is 4.39. The molecule has 3 nitrogen and oxygen atoms in total. The lowest BCUT2D eigenvalue weighted by Gasteiger charge is -2.11. The van der Waals surface area contributed by atoms with Gasteiger partial charge in [-0.25, -0.2) is 0 Å². The lowest BCUT2D eigenvalue weighted by atomic mass is 10.1. The van der Waals surface area contributed by atoms with Gasteiger partial charge in [0.15, 0.2) is 0 Å². The number of halogens is 1. The van der Waals surface area contributed by atoms with Crippen LogP contribution in [-0.4, -0.2) is 10.1 Å². The van der Waals surface area contributed by atoms with E-state index in [1.165, 1.54) is 5.56 Å². The number of hydrogen-bond acceptors (Lipinski definition) is 3. The average molecular weight is 329 g/mol. The first-order valence-electron chi connectivity index (χ1n) is 6.24. The smallest absolute Gasteiger partial charge is 0.116 e. The van der Waals surface area contributed by atoms with Crippen molar-refractivity contribution in [1.82, 2.24) is 4.98 Å². The maximum atomic E-state index is 9.44. The van der Waals surface area contributed by atoms with Gasteiger partial charge in [-0.05, 0) is 58.7 Å². The normalized spacial score (nSPS) is 10.7. The maximum absolute atomic E-state index is 9.44. The minimum atomic E-state index is 0.234. The first-order valence-corrected chi connectivity index (χ1v) is 7.04. The van der Waals surface area contributed by atoms with Gasteiger partial charge in [0.1, 0.15) is 5.75 Å². The molecular weight excluding hydrogens is 316 g/mol. The van der Waals surface area contributed by atoms with Crippen LogP contribution in [0.2, 0.25) is 0 Å². The van der Waals surface area contributed by atoms with Crippen molar-refractivity contribution in [1.29, 1.82) is 0 Å². The van der Waals surface area contributed by atoms with Gasteiger partial charge in [-0.1, -0.05) is 12.1 Å². The standard InChI is InChI=1S/C16H13BrN2O/c1-10-2-4-12-14(6-7-18-16(12)8-10)19-15-5-3-11(20)9-13(15)17/h2-9,20H,1H3,(H,18,19). The minimum absolute atomic E-state index is 0.234. The number of phenolic OH excluding ortho intramolecular Hbond substituents is 1. The second-order valence-corrected chi connectivity index (χ2v) is 5.52. The summed E-state index contributed by atoms with van der Waals surface area (Å²) >= 11 is 3.44. The number of anilines is 2. The zero-order valence-corrected chi connectivity index (χ0v) is 12.5. The van der Waals surface area contributed by atoms with Crippen LogP contribution in [0.1, 0.15) is 5.56 Å². The Hall–Kier alpha value is -2.07. The molecule has 3 aromatic rings. The molecule has 3 rings (SSSR count). The second-order valence-electron chi connectivity index (χ2n) is 4.67. The highest BCUT2D eigenvalue weighted by molar-refractivity contribution is 9.10. The quantitative estimate of drug-likeness (QED) is 0.667. The van der Waals surface area contributed by atoms with Crippen molar-refractivity contribution in [3.8, 4) is 5.75 Å². The molecule has 1 heterocycles. The van der Waals surface area contributed by atoms with Crippen molar-refractivity contribution >= 4 is 38.2 Å². The molecule has 20 heavy (non-hydrogen) atoms. The van der Waals surface area contributed by atoms with E-state index in [2.05, 4.69) is 51.4 Å². The third-order valence-corrected chi connectivity index (χ3v) is 3.78. The summed E-state index contributed by atoms with van der Waals surface area (Å²) < 4.78 is 0.814. The molecule has 0 saturated carbocycles. The van der Waals surface area contributed by atoms with Crippen molar-refractivity contribution in [3.05, 3.63) is 58.7 Å². The summed E-state index contributed by atoms with van der Waals surface area (Å²) in [7, 11) is 0. The van der Waals surface area contributed by atoms with Gasteiger partial charge in [-0.3, -0.25) is 4.98 Å². The number of nitrogens with zero attached hydrogens (tertiary/aromatic N) is 1. The molecule has 0 fully saturated rings. The van der Waals surface area contributed by atoms with Crippen LogP contribution >= 0.6 is 15.9 Å². The monoisotopic (exact) mass is 328 g/mol. The molecule has 0 amide bonds. The Morgan fingerprint density at radius 2 is 1.90 bits per heavy atom. The average Bonchev–Trinajstić information content (AvgIpc) is 2.41. The van der Waals surface area contributed by atoms with Gasteiger partial charge >= 0.3 is 0 Å². The van der Waals surface area contributed by atoms with E-state index in [1.807, 2.05) is 12.1 Å². The third kappa shape index (κ3) is 2.47. The Bertz CT molecular complexity index is 787. The van der Waals surface area contributed by atoms with Crippen LogP contribution < -0.4 is 5.32 Å². The van der Waals surface area contributed by atoms with Crippen LogP contribution in [0.3, 0.4) is 0 Å². The van der Waals surface area contributed by atoms with Gasteiger partial charge < -0.3 is 10.4 Å². The van der Waals surface area contributed by atoms with Crippen LogP contribution in [0.25, 0.3) is 10.9 Å². The minimum Gasteiger partial charge on any atom is -0.508 e. The van der Waals surface area contributed by atoms with E-state index >= 15 is 0 Å². The number of fused-ring (bicyclic) bond motifs is 1. The SMILES string of the molecule is Cc1ccc2c(Nc3ccc(O)cc3Br)ccnc2c1. The van der Waals surface area contributed by atoms with Crippen molar-refractivity contribution in [2.24, 2.45) is 0 Å². The van der Waals surface area contributed by atoms with E-state index in [0.29, 0.717) is 0 Å². The van der Waals surface area contributed by atoms with Gasteiger partial charge in [0.2, 0.25) is 0 Å². The molecule has 0 saturated heterocycles. The summed E-state index contributed by atoms with van der Waals surface area (Å²) in [6, 6.07) is 13.3. The summed E-state index contributed by atoms with van der Waals surface area (Å²) in [5.74, 6) is 0.234. The Balaban J connectivity index is 2.06. The number of rotatable bonds is 2. The Morgan fingerprint density at radius 1 is 1.05 bits per heavy atom. The number of benzene rings is 2. The van der Waals surface area contributed by atoms with E-state index in [4.69, 9.17) is 0 Å². The van der Waals surface area contributed by atoms with Gasteiger partial charge in [0.05, 0.1) is 11.2 Å². The van der Waals surface area contributed by atoms with Crippen molar-refractivity contribution in [2.75, 3.05) is 5.32 Å². The molecule has 0 atom stereocenters. The van der Waals surface area contributed by atoms with Gasteiger partial charge in [-0.15, -0.1) is 0 Å². The predicted octanol–water partition coefficient (Wildman–Crippen LogP) is 4.75. The highest BCUT2D eigenvalue weighted by atomic mass is 79.9. The highest BCUT2D eigenvalue weighted by Gasteiger charge is 2.05. The summed E-state index contributed by atoms with van der Waals surface area (Å²) in [5.41, 5.74) is 4.04. The topological polar surface area (TPSA) is 45.1 Å². The van der Waals surface area contributed by atoms with Crippen molar-refractivity contribution in [3.63, 3.8) is 0 Å². The lowest BCUT2D eigenvalue weighted by molar-refractivity contribution is 0.475. The molecule has 1 aromatic heterocycles. The van der Waals surface area contributed by atoms with E-state index in [0.717, 1.165) is 26.8 Å². The first kappa shape index (κ1) is 12.9. The van der Waals surface area contributed by atoms with E-state index in [1.54, 1.807) is 18.3 Å². The molecule has 2 N–H and O–H groups in total. The second kappa shape index (κ2) is 5.13. The number of phenols is 1. The molecule has 0 spiro atoms. The fraction of sp³-hybridized carbons (Fsp3) is 0.0625. The third-order valence-electron chi connectivity index (χ3n) is 3.12. The number of aromatic hydroxyl groups is 1. The molecule has 0 aliphatic rings. The van der Waals surface area contributed by atoms with E-state index < -0.39 is 0 Å². The zero-order chi connectivity index (χ0) is 14.1. The number of nitrogens with one attached hydrogen (secondary N) is 1. The summed E-state index contributed by atoms with van der Waals surface area (Å²) in [5, 5.41) is 13.9. The van der Waals surface area contributed by atoms with Crippen molar-refractivity contribution in [2.45, 2.75) is 6.92 Å². The molecule has 0 unspecified atom stereocenters. The van der Waals surface area contributed by atoms with Crippen LogP contribution in [-0.2, 0) is 0 Å². The molecule has 0 aliphatic carbocycles. The number of aryl methyl sites for hydroxylation is 1. The van der Waals surface area contributed by atoms with Crippen LogP contribution in [0, 0.1) is 6.92 Å². The van der Waals surface area contributed by atoms with Gasteiger partial charge in [0, 0.05) is 21.7 Å². The number of aromatic nitrogens is 1. The lowest BCUT2D eigenvalue weighted by Crippen LogP contribution is -1.93. The Labute approximate surface area is 125 Å². The highest BCUT2D eigenvalue weighted by Crippen LogP contribution is 2.31. The van der Waals surface area contributed by atoms with Crippen LogP contribution in [0.5, 0.6) is 5.75 Å². The summed E-state index contributed by atoms with van der Waals surface area (Å²) in [6.45, 7) is 2.05. The molecule has 0 aliphatic heterocycles. The van der Waals surface area contributed by atoms with E-state index in [-0.39, 0.29) is 5.75 Å². The largest absolute Gasteiger partial charge is 0.508 e. The fourth-order valence-electron chi connectivity index (χ4n) is 2.12. The fourth-order valence-corrected chi connectivity index (χ4v) is 2.58. The first-order chi connectivity index (χ1) is 9.63. The molecule has 100 valence electrons. The van der Waals surface area contributed by atoms with Crippen LogP contribution in [0.15, 0.2) is 53.1 Å². The molecule has 2 aromatic carbocycles. The molecule has 0 radical (unpaired) electrons.